The van der Waals surface area contributed by atoms with Crippen molar-refractivity contribution in [3.05, 3.63) is 71.6 Å². The number of alkyl halides is 3. The molecule has 1 heterocycles. The molecule has 0 bridgehead atoms. The average Bonchev–Trinajstić information content (AvgIpc) is 3.50. The van der Waals surface area contributed by atoms with Gasteiger partial charge in [-0.3, -0.25) is 4.79 Å². The maximum absolute atomic E-state index is 13.3. The van der Waals surface area contributed by atoms with Crippen LogP contribution in [0, 0.1) is 0 Å². The molecule has 1 aliphatic rings. The third-order valence-corrected chi connectivity index (χ3v) is 4.91. The number of oxime groups is 1. The van der Waals surface area contributed by atoms with Crippen molar-refractivity contribution in [3.63, 3.8) is 0 Å². The van der Waals surface area contributed by atoms with Gasteiger partial charge in [0.2, 0.25) is 5.82 Å². The molecule has 2 aromatic carbocycles. The smallest absolute Gasteiger partial charge is 0.398 e. The minimum Gasteiger partial charge on any atom is -0.398 e. The molecule has 0 radical (unpaired) electrons. The summed E-state index contributed by atoms with van der Waals surface area (Å²) in [6, 6.07) is 15.8. The van der Waals surface area contributed by atoms with Gasteiger partial charge >= 0.3 is 12.1 Å². The summed E-state index contributed by atoms with van der Waals surface area (Å²) in [6.07, 6.45) is -2.92. The Morgan fingerprint density at radius 3 is 2.41 bits per heavy atom. The summed E-state index contributed by atoms with van der Waals surface area (Å²) in [7, 11) is 1.39. The summed E-state index contributed by atoms with van der Waals surface area (Å²) >= 11 is 0. The minimum atomic E-state index is -4.70. The standard InChI is InChI=1S/C22H19F3N4O3/c1-31-27-18(15-5-3-2-4-6-15)20(30)29(17-11-12-17)13-14-7-9-16(10-8-14)19-26-21(32-28-19)22(23,24)25/h2-10,17H,11-13H2,1H3/b27-18+. The highest BCUT2D eigenvalue weighted by Crippen LogP contribution is 2.31. The summed E-state index contributed by atoms with van der Waals surface area (Å²) in [4.78, 5) is 23.3. The molecule has 3 aromatic rings. The molecule has 166 valence electrons. The number of aromatic nitrogens is 2. The lowest BCUT2D eigenvalue weighted by atomic mass is 10.1. The fraction of sp³-hybridized carbons (Fsp3) is 0.273. The van der Waals surface area contributed by atoms with Gasteiger partial charge in [-0.25, -0.2) is 0 Å². The number of halogens is 3. The van der Waals surface area contributed by atoms with Gasteiger partial charge in [-0.05, 0) is 18.4 Å². The number of carbonyl (C=O) groups excluding carboxylic acids is 1. The van der Waals surface area contributed by atoms with Crippen LogP contribution in [0.15, 0.2) is 64.3 Å². The van der Waals surface area contributed by atoms with Crippen molar-refractivity contribution in [2.24, 2.45) is 5.16 Å². The van der Waals surface area contributed by atoms with Gasteiger partial charge in [0.15, 0.2) is 5.71 Å². The Morgan fingerprint density at radius 1 is 1.16 bits per heavy atom. The third-order valence-electron chi connectivity index (χ3n) is 4.91. The fourth-order valence-corrected chi connectivity index (χ4v) is 3.20. The van der Waals surface area contributed by atoms with Crippen LogP contribution in [0.5, 0.6) is 0 Å². The van der Waals surface area contributed by atoms with Gasteiger partial charge < -0.3 is 14.3 Å². The molecule has 0 spiro atoms. The van der Waals surface area contributed by atoms with Crippen molar-refractivity contribution in [3.8, 4) is 11.4 Å². The third kappa shape index (κ3) is 4.79. The SMILES string of the molecule is CO/N=C(/C(=O)N(Cc1ccc(-c2noc(C(F)(F)F)n2)cc1)C1CC1)c1ccccc1. The van der Waals surface area contributed by atoms with E-state index in [1.165, 1.54) is 7.11 Å². The summed E-state index contributed by atoms with van der Waals surface area (Å²) < 4.78 is 42.3. The van der Waals surface area contributed by atoms with Crippen LogP contribution in [0.3, 0.4) is 0 Å². The lowest BCUT2D eigenvalue weighted by molar-refractivity contribution is -0.159. The predicted octanol–water partition coefficient (Wildman–Crippen LogP) is 4.30. The first-order valence-electron chi connectivity index (χ1n) is 9.84. The number of carbonyl (C=O) groups is 1. The molecule has 0 aliphatic heterocycles. The quantitative estimate of drug-likeness (QED) is 0.401. The Bertz CT molecular complexity index is 1110. The molecular weight excluding hydrogens is 425 g/mol. The van der Waals surface area contributed by atoms with E-state index in [2.05, 4.69) is 19.8 Å². The molecule has 7 nitrogen and oxygen atoms in total. The summed E-state index contributed by atoms with van der Waals surface area (Å²) in [5, 5.41) is 7.34. The average molecular weight is 444 g/mol. The predicted molar refractivity (Wildman–Crippen MR) is 108 cm³/mol. The second kappa shape index (κ2) is 8.81. The van der Waals surface area contributed by atoms with Crippen LogP contribution in [-0.2, 0) is 22.4 Å². The number of hydrogen-bond acceptors (Lipinski definition) is 6. The van der Waals surface area contributed by atoms with E-state index < -0.39 is 12.1 Å². The Kier molecular flexibility index (Phi) is 5.93. The van der Waals surface area contributed by atoms with Gasteiger partial charge in [-0.15, -0.1) is 0 Å². The van der Waals surface area contributed by atoms with Crippen LogP contribution < -0.4 is 0 Å². The molecule has 1 aliphatic carbocycles. The summed E-state index contributed by atoms with van der Waals surface area (Å²) in [5.41, 5.74) is 2.04. The zero-order valence-corrected chi connectivity index (χ0v) is 17.0. The van der Waals surface area contributed by atoms with Crippen molar-refractivity contribution < 1.29 is 27.3 Å². The lowest BCUT2D eigenvalue weighted by Crippen LogP contribution is -2.38. The fourth-order valence-electron chi connectivity index (χ4n) is 3.20. The first kappa shape index (κ1) is 21.5. The first-order chi connectivity index (χ1) is 15.4. The Labute approximate surface area is 181 Å². The highest BCUT2D eigenvalue weighted by atomic mass is 19.4. The first-order valence-corrected chi connectivity index (χ1v) is 9.84. The molecule has 0 atom stereocenters. The zero-order valence-electron chi connectivity index (χ0n) is 17.0. The van der Waals surface area contributed by atoms with Crippen LogP contribution >= 0.6 is 0 Å². The molecule has 10 heteroatoms. The molecular formula is C22H19F3N4O3. The molecule has 1 amide bonds. The molecule has 1 fully saturated rings. The molecule has 1 saturated carbocycles. The van der Waals surface area contributed by atoms with Gasteiger partial charge in [0.1, 0.15) is 7.11 Å². The van der Waals surface area contributed by atoms with E-state index in [0.29, 0.717) is 17.7 Å². The molecule has 0 saturated heterocycles. The summed E-state index contributed by atoms with van der Waals surface area (Å²) in [6.45, 7) is 0.319. The van der Waals surface area contributed by atoms with E-state index >= 15 is 0 Å². The van der Waals surface area contributed by atoms with E-state index in [9.17, 15) is 18.0 Å². The number of rotatable bonds is 7. The van der Waals surface area contributed by atoms with Crippen LogP contribution in [0.2, 0.25) is 0 Å². The lowest BCUT2D eigenvalue weighted by Gasteiger charge is -2.23. The molecule has 0 unspecified atom stereocenters. The molecule has 0 N–H and O–H groups in total. The van der Waals surface area contributed by atoms with E-state index in [1.54, 1.807) is 41.3 Å². The van der Waals surface area contributed by atoms with Gasteiger partial charge in [-0.1, -0.05) is 64.9 Å². The normalized spacial score (nSPS) is 14.3. The highest BCUT2D eigenvalue weighted by molar-refractivity contribution is 6.45. The van der Waals surface area contributed by atoms with Crippen LogP contribution in [0.25, 0.3) is 11.4 Å². The number of amides is 1. The zero-order chi connectivity index (χ0) is 22.7. The largest absolute Gasteiger partial charge is 0.471 e. The van der Waals surface area contributed by atoms with Crippen molar-refractivity contribution in [1.29, 1.82) is 0 Å². The number of nitrogens with zero attached hydrogens (tertiary/aromatic N) is 4. The van der Waals surface area contributed by atoms with Crippen molar-refractivity contribution in [2.75, 3.05) is 7.11 Å². The highest BCUT2D eigenvalue weighted by Gasteiger charge is 2.38. The molecule has 1 aromatic heterocycles. The second-order valence-corrected chi connectivity index (χ2v) is 7.27. The van der Waals surface area contributed by atoms with Crippen LogP contribution in [-0.4, -0.2) is 39.8 Å². The van der Waals surface area contributed by atoms with E-state index in [0.717, 1.165) is 18.4 Å². The van der Waals surface area contributed by atoms with Crippen molar-refractivity contribution in [2.45, 2.75) is 31.6 Å². The van der Waals surface area contributed by atoms with E-state index in [-0.39, 0.29) is 23.5 Å². The van der Waals surface area contributed by atoms with Crippen molar-refractivity contribution >= 4 is 11.6 Å². The Balaban J connectivity index is 1.53. The maximum Gasteiger partial charge on any atom is 0.471 e. The van der Waals surface area contributed by atoms with Gasteiger partial charge in [0, 0.05) is 23.7 Å². The summed E-state index contributed by atoms with van der Waals surface area (Å²) in [5.74, 6) is -1.80. The second-order valence-electron chi connectivity index (χ2n) is 7.27. The van der Waals surface area contributed by atoms with Crippen LogP contribution in [0.1, 0.15) is 29.9 Å². The minimum absolute atomic E-state index is 0.0968. The van der Waals surface area contributed by atoms with Crippen LogP contribution in [0.4, 0.5) is 13.2 Å². The van der Waals surface area contributed by atoms with E-state index in [4.69, 9.17) is 4.84 Å². The van der Waals surface area contributed by atoms with Gasteiger partial charge in [-0.2, -0.15) is 18.2 Å². The monoisotopic (exact) mass is 444 g/mol. The Hall–Kier alpha value is -3.69. The number of benzene rings is 2. The molecule has 4 rings (SSSR count). The van der Waals surface area contributed by atoms with Gasteiger partial charge in [0.05, 0.1) is 0 Å². The maximum atomic E-state index is 13.3. The van der Waals surface area contributed by atoms with Gasteiger partial charge in [0.25, 0.3) is 5.91 Å². The number of hydrogen-bond donors (Lipinski definition) is 0. The molecule has 32 heavy (non-hydrogen) atoms. The Morgan fingerprint density at radius 2 is 1.84 bits per heavy atom. The topological polar surface area (TPSA) is 80.8 Å². The van der Waals surface area contributed by atoms with E-state index in [1.807, 2.05) is 18.2 Å². The van der Waals surface area contributed by atoms with Crippen molar-refractivity contribution in [1.82, 2.24) is 15.0 Å².